The number of carbonyl (C=O) groups excluding carboxylic acids is 2. The van der Waals surface area contributed by atoms with Crippen LogP contribution in [-0.4, -0.2) is 36.9 Å². The van der Waals surface area contributed by atoms with Crippen LogP contribution < -0.4 is 4.90 Å². The van der Waals surface area contributed by atoms with Crippen LogP contribution in [0.1, 0.15) is 44.2 Å². The van der Waals surface area contributed by atoms with Gasteiger partial charge in [-0.05, 0) is 43.4 Å². The summed E-state index contributed by atoms with van der Waals surface area (Å²) in [4.78, 5) is 28.3. The van der Waals surface area contributed by atoms with Crippen LogP contribution in [0, 0.1) is 0 Å². The molecule has 3 rings (SSSR count). The Bertz CT molecular complexity index is 640. The van der Waals surface area contributed by atoms with Gasteiger partial charge in [0, 0.05) is 32.2 Å². The third-order valence-corrected chi connectivity index (χ3v) is 5.48. The van der Waals surface area contributed by atoms with Crippen LogP contribution in [0.4, 0.5) is 5.69 Å². The van der Waals surface area contributed by atoms with E-state index in [1.165, 1.54) is 5.56 Å². The Morgan fingerprint density at radius 2 is 2.00 bits per heavy atom. The molecule has 0 spiro atoms. The summed E-state index contributed by atoms with van der Waals surface area (Å²) >= 11 is 0. The van der Waals surface area contributed by atoms with Crippen LogP contribution in [0.2, 0.25) is 0 Å². The van der Waals surface area contributed by atoms with Gasteiger partial charge in [0.25, 0.3) is 0 Å². The lowest BCUT2D eigenvalue weighted by Gasteiger charge is -2.30. The first-order valence-electron chi connectivity index (χ1n) is 8.05. The number of benzene rings is 1. The summed E-state index contributed by atoms with van der Waals surface area (Å²) in [6.07, 6.45) is 3.12. The molecule has 2 heterocycles. The van der Waals surface area contributed by atoms with Crippen molar-refractivity contribution < 1.29 is 9.59 Å². The van der Waals surface area contributed by atoms with Gasteiger partial charge in [-0.3, -0.25) is 9.59 Å². The fourth-order valence-electron chi connectivity index (χ4n) is 3.90. The summed E-state index contributed by atoms with van der Waals surface area (Å²) in [6.45, 7) is 4.16. The van der Waals surface area contributed by atoms with Gasteiger partial charge >= 0.3 is 0 Å². The third-order valence-electron chi connectivity index (χ3n) is 5.48. The summed E-state index contributed by atoms with van der Waals surface area (Å²) in [5.41, 5.74) is 2.85. The molecular formula is C18H24N2O2. The fourth-order valence-corrected chi connectivity index (χ4v) is 3.90. The molecule has 1 aromatic carbocycles. The van der Waals surface area contributed by atoms with E-state index in [1.807, 2.05) is 25.9 Å². The third kappa shape index (κ3) is 2.04. The Morgan fingerprint density at radius 3 is 2.59 bits per heavy atom. The minimum Gasteiger partial charge on any atom is -0.343 e. The van der Waals surface area contributed by atoms with Gasteiger partial charge in [-0.25, -0.2) is 0 Å². The summed E-state index contributed by atoms with van der Waals surface area (Å²) < 4.78 is 0. The molecule has 2 unspecified atom stereocenters. The lowest BCUT2D eigenvalue weighted by molar-refractivity contribution is -0.129. The van der Waals surface area contributed by atoms with E-state index in [0.717, 1.165) is 24.1 Å². The van der Waals surface area contributed by atoms with Crippen LogP contribution in [-0.2, 0) is 21.4 Å². The number of fused-ring (bicyclic) bond motifs is 1. The first-order valence-corrected chi connectivity index (χ1v) is 8.05. The highest BCUT2D eigenvalue weighted by Gasteiger charge is 2.48. The fraction of sp³-hybridized carbons (Fsp3) is 0.556. The minimum atomic E-state index is -0.529. The molecule has 2 amide bonds. The second kappa shape index (κ2) is 5.11. The van der Waals surface area contributed by atoms with Crippen molar-refractivity contribution in [2.75, 3.05) is 19.0 Å². The van der Waals surface area contributed by atoms with Crippen molar-refractivity contribution in [3.05, 3.63) is 29.3 Å². The van der Waals surface area contributed by atoms with Gasteiger partial charge in [-0.15, -0.1) is 0 Å². The van der Waals surface area contributed by atoms with Crippen molar-refractivity contribution in [1.82, 2.24) is 4.90 Å². The van der Waals surface area contributed by atoms with Crippen LogP contribution in [0.5, 0.6) is 0 Å². The Balaban J connectivity index is 1.99. The monoisotopic (exact) mass is 300 g/mol. The van der Waals surface area contributed by atoms with E-state index >= 15 is 0 Å². The molecule has 4 nitrogen and oxygen atoms in total. The van der Waals surface area contributed by atoms with E-state index < -0.39 is 5.41 Å². The number of anilines is 1. The molecule has 0 saturated carbocycles. The smallest absolute Gasteiger partial charge is 0.237 e. The van der Waals surface area contributed by atoms with Crippen molar-refractivity contribution >= 4 is 17.5 Å². The highest BCUT2D eigenvalue weighted by atomic mass is 16.2. The Kier molecular flexibility index (Phi) is 3.50. The lowest BCUT2D eigenvalue weighted by Crippen LogP contribution is -2.42. The normalized spacial score (nSPS) is 27.7. The zero-order valence-corrected chi connectivity index (χ0v) is 13.8. The maximum atomic E-state index is 12.9. The number of hydrogen-bond acceptors (Lipinski definition) is 2. The molecule has 0 radical (unpaired) electrons. The van der Waals surface area contributed by atoms with Crippen LogP contribution in [0.15, 0.2) is 18.2 Å². The van der Waals surface area contributed by atoms with Crippen LogP contribution >= 0.6 is 0 Å². The highest BCUT2D eigenvalue weighted by molar-refractivity contribution is 6.07. The Morgan fingerprint density at radius 1 is 1.27 bits per heavy atom. The first-order chi connectivity index (χ1) is 10.4. The Labute approximate surface area is 132 Å². The van der Waals surface area contributed by atoms with Gasteiger partial charge < -0.3 is 9.80 Å². The van der Waals surface area contributed by atoms with Crippen molar-refractivity contribution in [1.29, 1.82) is 0 Å². The van der Waals surface area contributed by atoms with Crippen molar-refractivity contribution in [3.63, 3.8) is 0 Å². The van der Waals surface area contributed by atoms with E-state index in [1.54, 1.807) is 4.90 Å². The number of hydrogen-bond donors (Lipinski definition) is 0. The molecule has 0 N–H and O–H groups in total. The van der Waals surface area contributed by atoms with Gasteiger partial charge in [0.05, 0.1) is 5.41 Å². The zero-order chi connectivity index (χ0) is 16.1. The van der Waals surface area contributed by atoms with Gasteiger partial charge in [0.15, 0.2) is 0 Å². The molecule has 1 fully saturated rings. The van der Waals surface area contributed by atoms with Crippen LogP contribution in [0.3, 0.4) is 0 Å². The van der Waals surface area contributed by atoms with Crippen LogP contribution in [0.25, 0.3) is 0 Å². The predicted octanol–water partition coefficient (Wildman–Crippen LogP) is 2.49. The average Bonchev–Trinajstić information content (AvgIpc) is 2.92. The average molecular weight is 300 g/mol. The molecule has 1 saturated heterocycles. The van der Waals surface area contributed by atoms with Gasteiger partial charge in [-0.1, -0.05) is 19.1 Å². The molecule has 1 aromatic rings. The molecular weight excluding hydrogens is 276 g/mol. The number of nitrogens with zero attached hydrogens (tertiary/aromatic N) is 2. The largest absolute Gasteiger partial charge is 0.343 e. The molecule has 22 heavy (non-hydrogen) atoms. The molecule has 118 valence electrons. The Hall–Kier alpha value is -1.84. The lowest BCUT2D eigenvalue weighted by atomic mass is 9.77. The standard InChI is InChI=1S/C18H24N2O2/c1-5-12-6-8-15-14(10-12)18(2,17(22)20(15)4)11-13-7-9-16(21)19(13)3/h6,8,10,13H,5,7,9,11H2,1-4H3. The van der Waals surface area contributed by atoms with Gasteiger partial charge in [0.1, 0.15) is 0 Å². The molecule has 4 heteroatoms. The van der Waals surface area contributed by atoms with E-state index in [2.05, 4.69) is 25.1 Å². The van der Waals surface area contributed by atoms with Gasteiger partial charge in [-0.2, -0.15) is 0 Å². The summed E-state index contributed by atoms with van der Waals surface area (Å²) in [5, 5.41) is 0. The van der Waals surface area contributed by atoms with E-state index in [-0.39, 0.29) is 17.9 Å². The van der Waals surface area contributed by atoms with Crippen molar-refractivity contribution in [2.24, 2.45) is 0 Å². The maximum Gasteiger partial charge on any atom is 0.237 e. The van der Waals surface area contributed by atoms with Crippen molar-refractivity contribution in [2.45, 2.75) is 51.0 Å². The highest BCUT2D eigenvalue weighted by Crippen LogP contribution is 2.45. The number of likely N-dealkylation sites (tertiary alicyclic amines) is 1. The van der Waals surface area contributed by atoms with E-state index in [4.69, 9.17) is 0 Å². The number of amides is 2. The molecule has 2 aliphatic rings. The topological polar surface area (TPSA) is 40.6 Å². The predicted molar refractivity (Wildman–Crippen MR) is 87.0 cm³/mol. The number of likely N-dealkylation sites (N-methyl/N-ethyl adjacent to an activating group) is 1. The number of aryl methyl sites for hydroxylation is 1. The second-order valence-corrected chi connectivity index (χ2v) is 6.80. The summed E-state index contributed by atoms with van der Waals surface area (Å²) in [5.74, 6) is 0.332. The molecule has 2 atom stereocenters. The van der Waals surface area contributed by atoms with Gasteiger partial charge in [0.2, 0.25) is 11.8 Å². The molecule has 0 aliphatic carbocycles. The first kappa shape index (κ1) is 15.1. The molecule has 0 aromatic heterocycles. The van der Waals surface area contributed by atoms with E-state index in [9.17, 15) is 9.59 Å². The number of carbonyl (C=O) groups is 2. The zero-order valence-electron chi connectivity index (χ0n) is 13.8. The van der Waals surface area contributed by atoms with E-state index in [0.29, 0.717) is 12.8 Å². The maximum absolute atomic E-state index is 12.9. The summed E-state index contributed by atoms with van der Waals surface area (Å²) in [7, 11) is 3.71. The molecule has 2 aliphatic heterocycles. The molecule has 0 bridgehead atoms. The summed E-state index contributed by atoms with van der Waals surface area (Å²) in [6, 6.07) is 6.49. The minimum absolute atomic E-state index is 0.142. The number of rotatable bonds is 3. The SMILES string of the molecule is CCc1ccc2c(c1)C(C)(CC1CCC(=O)N1C)C(=O)N2C. The van der Waals surface area contributed by atoms with Crippen molar-refractivity contribution in [3.8, 4) is 0 Å². The quantitative estimate of drug-likeness (QED) is 0.860. The second-order valence-electron chi connectivity index (χ2n) is 6.80.